The predicted molar refractivity (Wildman–Crippen MR) is 73.1 cm³/mol. The Morgan fingerprint density at radius 2 is 1.72 bits per heavy atom. The Labute approximate surface area is 107 Å². The van der Waals surface area contributed by atoms with Crippen LogP contribution >= 0.6 is 0 Å². The lowest BCUT2D eigenvalue weighted by Crippen LogP contribution is -2.34. The summed E-state index contributed by atoms with van der Waals surface area (Å²) in [5.41, 5.74) is 2.96. The molecule has 0 saturated heterocycles. The molecule has 0 atom stereocenters. The van der Waals surface area contributed by atoms with Gasteiger partial charge in [0.25, 0.3) is 0 Å². The smallest absolute Gasteiger partial charge is 0.205 e. The number of rotatable bonds is 4. The maximum absolute atomic E-state index is 10.6. The molecule has 0 unspecified atom stereocenters. The molecule has 0 aliphatic heterocycles. The summed E-state index contributed by atoms with van der Waals surface area (Å²) in [7, 11) is 0. The van der Waals surface area contributed by atoms with Crippen LogP contribution in [0, 0.1) is 0 Å². The van der Waals surface area contributed by atoms with Gasteiger partial charge in [-0.1, -0.05) is 24.3 Å². The number of nitrogens with zero attached hydrogens (tertiary/aromatic N) is 1. The highest BCUT2D eigenvalue weighted by molar-refractivity contribution is 5.76. The Balaban J connectivity index is 2.21. The number of aldehydes is 1. The highest BCUT2D eigenvalue weighted by Gasteiger charge is 2.02. The molecule has 0 saturated carbocycles. The topological polar surface area (TPSA) is 20.9 Å². The van der Waals surface area contributed by atoms with Crippen LogP contribution in [0.4, 0.5) is 0 Å². The first-order chi connectivity index (χ1) is 8.83. The van der Waals surface area contributed by atoms with E-state index in [1.54, 1.807) is 0 Å². The summed E-state index contributed by atoms with van der Waals surface area (Å²) in [4.78, 5) is 10.6. The summed E-state index contributed by atoms with van der Waals surface area (Å²) in [6.45, 7) is 3.07. The van der Waals surface area contributed by atoms with Gasteiger partial charge in [0.05, 0.1) is 0 Å². The predicted octanol–water partition coefficient (Wildman–Crippen LogP) is 2.98. The Hall–Kier alpha value is -2.22. The zero-order valence-electron chi connectivity index (χ0n) is 10.4. The highest BCUT2D eigenvalue weighted by atomic mass is 16.1. The molecule has 1 aromatic heterocycles. The number of hydrogen-bond acceptors (Lipinski definition) is 1. The second kappa shape index (κ2) is 5.92. The molecule has 18 heavy (non-hydrogen) atoms. The van der Waals surface area contributed by atoms with Gasteiger partial charge in [-0.2, -0.15) is 4.57 Å². The standard InChI is InChI=1S/C16H16NO/c1-2-17-12-4-3-5-16(17)11-10-14-6-8-15(13-18)9-7-14/h3-13H,2H2,1H3/q+1. The summed E-state index contributed by atoms with van der Waals surface area (Å²) in [6, 6.07) is 13.7. The van der Waals surface area contributed by atoms with Crippen molar-refractivity contribution in [2.45, 2.75) is 13.5 Å². The summed E-state index contributed by atoms with van der Waals surface area (Å²) >= 11 is 0. The van der Waals surface area contributed by atoms with Crippen LogP contribution in [-0.4, -0.2) is 6.29 Å². The molecule has 2 nitrogen and oxygen atoms in total. The average Bonchev–Trinajstić information content (AvgIpc) is 2.46. The summed E-state index contributed by atoms with van der Waals surface area (Å²) in [6.07, 6.45) is 7.06. The molecule has 1 heterocycles. The van der Waals surface area contributed by atoms with Crippen molar-refractivity contribution in [3.05, 3.63) is 65.5 Å². The Kier molecular flexibility index (Phi) is 4.02. The van der Waals surface area contributed by atoms with Gasteiger partial charge in [0.2, 0.25) is 5.69 Å². The van der Waals surface area contributed by atoms with Crippen molar-refractivity contribution < 1.29 is 9.36 Å². The lowest BCUT2D eigenvalue weighted by molar-refractivity contribution is -0.695. The number of carbonyl (C=O) groups excluding carboxylic acids is 1. The third-order valence-corrected chi connectivity index (χ3v) is 2.84. The molecule has 90 valence electrons. The van der Waals surface area contributed by atoms with Gasteiger partial charge < -0.3 is 0 Å². The zero-order valence-corrected chi connectivity index (χ0v) is 10.4. The maximum Gasteiger partial charge on any atom is 0.205 e. The van der Waals surface area contributed by atoms with Crippen LogP contribution in [0.15, 0.2) is 48.7 Å². The number of pyridine rings is 1. The van der Waals surface area contributed by atoms with E-state index in [4.69, 9.17) is 0 Å². The number of hydrogen-bond donors (Lipinski definition) is 0. The van der Waals surface area contributed by atoms with Crippen LogP contribution in [0.3, 0.4) is 0 Å². The van der Waals surface area contributed by atoms with Crippen LogP contribution in [0.5, 0.6) is 0 Å². The van der Waals surface area contributed by atoms with Crippen molar-refractivity contribution in [2.75, 3.05) is 0 Å². The fraction of sp³-hybridized carbons (Fsp3) is 0.125. The lowest BCUT2D eigenvalue weighted by Gasteiger charge is -1.97. The van der Waals surface area contributed by atoms with Gasteiger partial charge in [-0.05, 0) is 24.6 Å². The number of carbonyl (C=O) groups is 1. The molecule has 0 N–H and O–H groups in total. The van der Waals surface area contributed by atoms with Crippen LogP contribution < -0.4 is 4.57 Å². The van der Waals surface area contributed by atoms with E-state index in [0.29, 0.717) is 5.56 Å². The first-order valence-electron chi connectivity index (χ1n) is 6.05. The molecule has 0 bridgehead atoms. The van der Waals surface area contributed by atoms with Crippen molar-refractivity contribution in [1.82, 2.24) is 0 Å². The maximum atomic E-state index is 10.6. The first-order valence-corrected chi connectivity index (χ1v) is 6.05. The van der Waals surface area contributed by atoms with Gasteiger partial charge in [-0.25, -0.2) is 0 Å². The third kappa shape index (κ3) is 2.92. The van der Waals surface area contributed by atoms with Crippen molar-refractivity contribution in [3.8, 4) is 0 Å². The largest absolute Gasteiger partial charge is 0.298 e. The molecule has 0 radical (unpaired) electrons. The van der Waals surface area contributed by atoms with E-state index in [1.165, 1.54) is 5.69 Å². The van der Waals surface area contributed by atoms with E-state index >= 15 is 0 Å². The highest BCUT2D eigenvalue weighted by Crippen LogP contribution is 2.07. The summed E-state index contributed by atoms with van der Waals surface area (Å²) in [5, 5.41) is 0. The van der Waals surface area contributed by atoms with E-state index in [1.807, 2.05) is 36.4 Å². The van der Waals surface area contributed by atoms with Gasteiger partial charge in [0.15, 0.2) is 6.20 Å². The monoisotopic (exact) mass is 238 g/mol. The molecule has 2 heteroatoms. The minimum Gasteiger partial charge on any atom is -0.298 e. The molecular formula is C16H16NO+. The van der Waals surface area contributed by atoms with Crippen molar-refractivity contribution in [2.24, 2.45) is 0 Å². The molecule has 0 spiro atoms. The van der Waals surface area contributed by atoms with Crippen molar-refractivity contribution >= 4 is 18.4 Å². The van der Waals surface area contributed by atoms with Crippen LogP contribution in [-0.2, 0) is 6.54 Å². The summed E-state index contributed by atoms with van der Waals surface area (Å²) < 4.78 is 2.18. The Morgan fingerprint density at radius 1 is 1.00 bits per heavy atom. The number of aromatic nitrogens is 1. The Morgan fingerprint density at radius 3 is 2.39 bits per heavy atom. The molecule has 0 aliphatic carbocycles. The average molecular weight is 238 g/mol. The second-order valence-electron chi connectivity index (χ2n) is 4.03. The number of benzene rings is 1. The first kappa shape index (κ1) is 12.2. The quantitative estimate of drug-likeness (QED) is 0.592. The fourth-order valence-electron chi connectivity index (χ4n) is 1.80. The van der Waals surface area contributed by atoms with Crippen LogP contribution in [0.1, 0.15) is 28.5 Å². The Bertz CT molecular complexity index is 556. The molecule has 2 aromatic rings. The van der Waals surface area contributed by atoms with Crippen molar-refractivity contribution in [3.63, 3.8) is 0 Å². The molecule has 2 rings (SSSR count). The molecule has 0 amide bonds. The van der Waals surface area contributed by atoms with Crippen molar-refractivity contribution in [1.29, 1.82) is 0 Å². The SMILES string of the molecule is CC[n+]1ccccc1C=Cc1ccc(C=O)cc1. The van der Waals surface area contributed by atoms with Crippen LogP contribution in [0.25, 0.3) is 12.2 Å². The van der Waals surface area contributed by atoms with Crippen LogP contribution in [0.2, 0.25) is 0 Å². The second-order valence-corrected chi connectivity index (χ2v) is 4.03. The van der Waals surface area contributed by atoms with E-state index < -0.39 is 0 Å². The van der Waals surface area contributed by atoms with Gasteiger partial charge >= 0.3 is 0 Å². The van der Waals surface area contributed by atoms with Gasteiger partial charge in [-0.3, -0.25) is 4.79 Å². The lowest BCUT2D eigenvalue weighted by atomic mass is 10.1. The van der Waals surface area contributed by atoms with E-state index in [-0.39, 0.29) is 0 Å². The van der Waals surface area contributed by atoms with E-state index in [2.05, 4.69) is 35.9 Å². The van der Waals surface area contributed by atoms with E-state index in [0.717, 1.165) is 18.4 Å². The fourth-order valence-corrected chi connectivity index (χ4v) is 1.80. The van der Waals surface area contributed by atoms with Gasteiger partial charge in [0.1, 0.15) is 12.8 Å². The van der Waals surface area contributed by atoms with Gasteiger partial charge in [0, 0.05) is 23.8 Å². The molecule has 1 aromatic carbocycles. The number of aryl methyl sites for hydroxylation is 1. The molecule has 0 fully saturated rings. The normalized spacial score (nSPS) is 10.7. The summed E-state index contributed by atoms with van der Waals surface area (Å²) in [5.74, 6) is 0. The van der Waals surface area contributed by atoms with E-state index in [9.17, 15) is 4.79 Å². The van der Waals surface area contributed by atoms with Gasteiger partial charge in [-0.15, -0.1) is 0 Å². The zero-order chi connectivity index (χ0) is 12.8. The minimum atomic E-state index is 0.704. The third-order valence-electron chi connectivity index (χ3n) is 2.84. The molecular weight excluding hydrogens is 222 g/mol. The molecule has 0 aliphatic rings. The minimum absolute atomic E-state index is 0.704.